The molecule has 1 aromatic rings. The summed E-state index contributed by atoms with van der Waals surface area (Å²) in [4.78, 5) is 14.7. The fourth-order valence-electron chi connectivity index (χ4n) is 1.93. The molecule has 18 heavy (non-hydrogen) atoms. The maximum absolute atomic E-state index is 10.6. The number of imidazole rings is 1. The van der Waals surface area contributed by atoms with E-state index in [0.29, 0.717) is 24.9 Å². The van der Waals surface area contributed by atoms with Crippen molar-refractivity contribution in [1.29, 1.82) is 0 Å². The molecular weight excluding hydrogens is 256 g/mol. The van der Waals surface area contributed by atoms with E-state index in [9.17, 15) is 4.79 Å². The Balaban J connectivity index is 2.04. The molecule has 0 bridgehead atoms. The predicted octanol–water partition coefficient (Wildman–Crippen LogP) is 0.865. The highest BCUT2D eigenvalue weighted by Gasteiger charge is 2.35. The van der Waals surface area contributed by atoms with E-state index in [-0.39, 0.29) is 11.4 Å². The number of hydrogen-bond donors (Lipinski definition) is 1. The van der Waals surface area contributed by atoms with E-state index in [1.807, 2.05) is 10.8 Å². The first-order valence-electron chi connectivity index (χ1n) is 5.64. The molecule has 1 aliphatic rings. The summed E-state index contributed by atoms with van der Waals surface area (Å²) >= 11 is 1.21. The van der Waals surface area contributed by atoms with E-state index >= 15 is 0 Å². The van der Waals surface area contributed by atoms with Gasteiger partial charge in [-0.1, -0.05) is 11.8 Å². The Morgan fingerprint density at radius 3 is 3.22 bits per heavy atom. The van der Waals surface area contributed by atoms with Crippen molar-refractivity contribution in [3.05, 3.63) is 12.4 Å². The molecule has 1 aliphatic heterocycles. The van der Waals surface area contributed by atoms with Gasteiger partial charge < -0.3 is 19.1 Å². The Hall–Kier alpha value is -1.05. The van der Waals surface area contributed by atoms with Gasteiger partial charge >= 0.3 is 5.97 Å². The number of ether oxygens (including phenoxy) is 2. The highest BCUT2D eigenvalue weighted by molar-refractivity contribution is 7.99. The van der Waals surface area contributed by atoms with Gasteiger partial charge in [0.15, 0.2) is 5.16 Å². The number of carboxylic acid groups (broad SMARTS) is 1. The van der Waals surface area contributed by atoms with Gasteiger partial charge in [0.2, 0.25) is 0 Å². The maximum Gasteiger partial charge on any atom is 0.313 e. The van der Waals surface area contributed by atoms with Crippen LogP contribution in [0.25, 0.3) is 0 Å². The number of thioether (sulfide) groups is 1. The van der Waals surface area contributed by atoms with Crippen LogP contribution in [-0.2, 0) is 20.8 Å². The van der Waals surface area contributed by atoms with E-state index in [4.69, 9.17) is 14.6 Å². The molecule has 1 saturated heterocycles. The van der Waals surface area contributed by atoms with Gasteiger partial charge in [0.05, 0.1) is 18.9 Å². The first-order chi connectivity index (χ1) is 8.65. The predicted molar refractivity (Wildman–Crippen MR) is 65.8 cm³/mol. The number of hydrogen-bond acceptors (Lipinski definition) is 5. The van der Waals surface area contributed by atoms with Crippen LogP contribution in [0.5, 0.6) is 0 Å². The molecule has 1 atom stereocenters. The number of aromatic nitrogens is 2. The van der Waals surface area contributed by atoms with Crippen LogP contribution in [0.15, 0.2) is 17.6 Å². The van der Waals surface area contributed by atoms with Crippen molar-refractivity contribution >= 4 is 17.7 Å². The summed E-state index contributed by atoms with van der Waals surface area (Å²) in [6, 6.07) is 0. The van der Waals surface area contributed by atoms with Crippen molar-refractivity contribution in [1.82, 2.24) is 9.55 Å². The molecule has 7 heteroatoms. The van der Waals surface area contributed by atoms with Crippen molar-refractivity contribution < 1.29 is 19.4 Å². The van der Waals surface area contributed by atoms with Gasteiger partial charge in [-0.3, -0.25) is 4.79 Å². The fourth-order valence-corrected chi connectivity index (χ4v) is 2.61. The van der Waals surface area contributed by atoms with Gasteiger partial charge in [0.25, 0.3) is 0 Å². The average molecular weight is 272 g/mol. The second-order valence-corrected chi connectivity index (χ2v) is 5.15. The van der Waals surface area contributed by atoms with Crippen molar-refractivity contribution in [2.45, 2.75) is 23.7 Å². The zero-order valence-corrected chi connectivity index (χ0v) is 11.0. The third-order valence-corrected chi connectivity index (χ3v) is 3.95. The zero-order chi connectivity index (χ0) is 13.0. The third kappa shape index (κ3) is 3.04. The lowest BCUT2D eigenvalue weighted by Gasteiger charge is -2.26. The Labute approximate surface area is 109 Å². The molecule has 0 spiro atoms. The van der Waals surface area contributed by atoms with Crippen LogP contribution in [0.1, 0.15) is 6.42 Å². The van der Waals surface area contributed by atoms with Crippen LogP contribution in [0, 0.1) is 0 Å². The van der Waals surface area contributed by atoms with Crippen LogP contribution >= 0.6 is 11.8 Å². The number of carboxylic acids is 1. The molecule has 0 amide bonds. The highest BCUT2D eigenvalue weighted by atomic mass is 32.2. The Morgan fingerprint density at radius 1 is 1.78 bits per heavy atom. The summed E-state index contributed by atoms with van der Waals surface area (Å²) < 4.78 is 12.9. The molecule has 1 fully saturated rings. The van der Waals surface area contributed by atoms with Gasteiger partial charge in [-0.2, -0.15) is 0 Å². The molecule has 0 aliphatic carbocycles. The number of rotatable bonds is 6. The van der Waals surface area contributed by atoms with E-state index in [0.717, 1.165) is 6.42 Å². The molecule has 0 saturated carbocycles. The lowest BCUT2D eigenvalue weighted by Crippen LogP contribution is -2.37. The van der Waals surface area contributed by atoms with E-state index in [1.54, 1.807) is 13.3 Å². The van der Waals surface area contributed by atoms with Crippen LogP contribution < -0.4 is 0 Å². The second-order valence-electron chi connectivity index (χ2n) is 4.21. The molecule has 2 heterocycles. The van der Waals surface area contributed by atoms with Crippen LogP contribution in [-0.4, -0.2) is 52.3 Å². The molecule has 100 valence electrons. The first kappa shape index (κ1) is 13.4. The van der Waals surface area contributed by atoms with Crippen molar-refractivity contribution in [2.75, 3.05) is 26.1 Å². The molecule has 1 N–H and O–H groups in total. The van der Waals surface area contributed by atoms with Crippen LogP contribution in [0.3, 0.4) is 0 Å². The number of carbonyl (C=O) groups is 1. The summed E-state index contributed by atoms with van der Waals surface area (Å²) in [6.07, 6.45) is 4.34. The van der Waals surface area contributed by atoms with Gasteiger partial charge in [-0.15, -0.1) is 0 Å². The average Bonchev–Trinajstić information content (AvgIpc) is 2.97. The number of aliphatic carboxylic acids is 1. The molecule has 2 rings (SSSR count). The van der Waals surface area contributed by atoms with Gasteiger partial charge in [0, 0.05) is 32.5 Å². The van der Waals surface area contributed by atoms with Crippen molar-refractivity contribution in [3.8, 4) is 0 Å². The monoisotopic (exact) mass is 272 g/mol. The van der Waals surface area contributed by atoms with Crippen LogP contribution in [0.4, 0.5) is 0 Å². The number of methoxy groups -OCH3 is 1. The molecule has 6 nitrogen and oxygen atoms in total. The Kier molecular flexibility index (Phi) is 4.26. The molecule has 0 aromatic carbocycles. The lowest BCUT2D eigenvalue weighted by molar-refractivity contribution is -0.133. The SMILES string of the molecule is COC1(Cn2ccnc2SCC(=O)O)CCOC1. The fraction of sp³-hybridized carbons (Fsp3) is 0.636. The molecule has 1 unspecified atom stereocenters. The minimum atomic E-state index is -0.847. The minimum absolute atomic E-state index is 0.00744. The largest absolute Gasteiger partial charge is 0.481 e. The highest BCUT2D eigenvalue weighted by Crippen LogP contribution is 2.26. The van der Waals surface area contributed by atoms with E-state index < -0.39 is 5.97 Å². The maximum atomic E-state index is 10.6. The molecule has 1 aromatic heterocycles. The van der Waals surface area contributed by atoms with Gasteiger partial charge in [0.1, 0.15) is 5.60 Å². The Morgan fingerprint density at radius 2 is 2.61 bits per heavy atom. The summed E-state index contributed by atoms with van der Waals surface area (Å²) in [5.41, 5.74) is -0.320. The topological polar surface area (TPSA) is 73.6 Å². The summed E-state index contributed by atoms with van der Waals surface area (Å²) in [6.45, 7) is 1.89. The Bertz CT molecular complexity index is 415. The minimum Gasteiger partial charge on any atom is -0.481 e. The first-order valence-corrected chi connectivity index (χ1v) is 6.62. The third-order valence-electron chi connectivity index (χ3n) is 2.96. The second kappa shape index (κ2) is 5.73. The lowest BCUT2D eigenvalue weighted by atomic mass is 10.0. The van der Waals surface area contributed by atoms with Crippen molar-refractivity contribution in [3.63, 3.8) is 0 Å². The normalized spacial score (nSPS) is 23.4. The van der Waals surface area contributed by atoms with Crippen LogP contribution in [0.2, 0.25) is 0 Å². The standard InChI is InChI=1S/C11H16N2O4S/c1-16-11(2-5-17-8-11)7-13-4-3-12-10(13)18-6-9(14)15/h3-4H,2,5-8H2,1H3,(H,14,15). The quantitative estimate of drug-likeness (QED) is 0.774. The molecule has 0 radical (unpaired) electrons. The van der Waals surface area contributed by atoms with Gasteiger partial charge in [-0.25, -0.2) is 4.98 Å². The van der Waals surface area contributed by atoms with Crippen molar-refractivity contribution in [2.24, 2.45) is 0 Å². The smallest absolute Gasteiger partial charge is 0.313 e. The van der Waals surface area contributed by atoms with E-state index in [2.05, 4.69) is 4.98 Å². The van der Waals surface area contributed by atoms with E-state index in [1.165, 1.54) is 11.8 Å². The summed E-state index contributed by atoms with van der Waals surface area (Å²) in [7, 11) is 1.68. The summed E-state index contributed by atoms with van der Waals surface area (Å²) in [5.74, 6) is -0.840. The number of nitrogens with zero attached hydrogens (tertiary/aromatic N) is 2. The zero-order valence-electron chi connectivity index (χ0n) is 10.2. The molecular formula is C11H16N2O4S. The summed E-state index contributed by atoms with van der Waals surface area (Å²) in [5, 5.41) is 9.38. The van der Waals surface area contributed by atoms with Gasteiger partial charge in [-0.05, 0) is 0 Å².